The number of rotatable bonds is 3. The predicted octanol–water partition coefficient (Wildman–Crippen LogP) is 6.85. The third-order valence-electron chi connectivity index (χ3n) is 7.09. The molecule has 0 spiro atoms. The van der Waals surface area contributed by atoms with E-state index in [1.165, 1.54) is 55.7 Å². The van der Waals surface area contributed by atoms with Gasteiger partial charge in [-0.1, -0.05) is 52.0 Å². The summed E-state index contributed by atoms with van der Waals surface area (Å²) < 4.78 is 2.39. The summed E-state index contributed by atoms with van der Waals surface area (Å²) in [5.74, 6) is 0.649. The fraction of sp³-hybridized carbons (Fsp3) is 0.333. The van der Waals surface area contributed by atoms with Crippen LogP contribution < -0.4 is 4.57 Å². The Labute approximate surface area is 192 Å². The van der Waals surface area contributed by atoms with E-state index in [-0.39, 0.29) is 5.41 Å². The number of aromatic nitrogens is 2. The molecule has 32 heavy (non-hydrogen) atoms. The van der Waals surface area contributed by atoms with Crippen molar-refractivity contribution in [3.05, 3.63) is 82.7 Å². The van der Waals surface area contributed by atoms with Crippen LogP contribution in [0.15, 0.2) is 54.6 Å². The summed E-state index contributed by atoms with van der Waals surface area (Å²) in [6.45, 7) is 13.6. The Hall–Kier alpha value is -3.00. The summed E-state index contributed by atoms with van der Waals surface area (Å²) >= 11 is 0. The van der Waals surface area contributed by atoms with E-state index in [1.807, 2.05) is 0 Å². The Balaban J connectivity index is 1.78. The molecule has 0 bridgehead atoms. The van der Waals surface area contributed by atoms with Crippen molar-refractivity contribution in [3.8, 4) is 22.4 Å². The number of benzene rings is 2. The van der Waals surface area contributed by atoms with Crippen molar-refractivity contribution in [2.45, 2.75) is 53.4 Å². The standard InChI is InChI=1S/C30H33N2/c1-18(2)16-21-10-11-22-12-15-25(32(7)26(22)17-21)27-19(3)8-13-23-24-14-9-20(4)31-29(24)30(5,6)28(23)27/h8-15,17-18H,16H2,1-7H3/q+1. The van der Waals surface area contributed by atoms with Gasteiger partial charge in [-0.25, -0.2) is 0 Å². The van der Waals surface area contributed by atoms with Crippen LogP contribution in [0.4, 0.5) is 0 Å². The molecule has 5 rings (SSSR count). The molecule has 0 saturated heterocycles. The van der Waals surface area contributed by atoms with Gasteiger partial charge in [0.25, 0.3) is 0 Å². The van der Waals surface area contributed by atoms with Crippen molar-refractivity contribution < 1.29 is 4.57 Å². The minimum atomic E-state index is -0.139. The van der Waals surface area contributed by atoms with Gasteiger partial charge in [0.1, 0.15) is 7.05 Å². The fourth-order valence-electron chi connectivity index (χ4n) is 5.56. The number of hydrogen-bond donors (Lipinski definition) is 0. The maximum atomic E-state index is 4.99. The Morgan fingerprint density at radius 2 is 1.62 bits per heavy atom. The number of aryl methyl sites for hydroxylation is 3. The fourth-order valence-corrected chi connectivity index (χ4v) is 5.56. The van der Waals surface area contributed by atoms with Crippen LogP contribution >= 0.6 is 0 Å². The molecule has 2 heteroatoms. The Bertz CT molecular complexity index is 1380. The third-order valence-corrected chi connectivity index (χ3v) is 7.09. The van der Waals surface area contributed by atoms with Crippen molar-refractivity contribution >= 4 is 10.9 Å². The summed E-state index contributed by atoms with van der Waals surface area (Å²) in [6.07, 6.45) is 1.10. The molecule has 0 aliphatic heterocycles. The highest BCUT2D eigenvalue weighted by molar-refractivity contribution is 5.88. The van der Waals surface area contributed by atoms with Gasteiger partial charge in [-0.05, 0) is 66.6 Å². The highest BCUT2D eigenvalue weighted by atomic mass is 14.9. The predicted molar refractivity (Wildman–Crippen MR) is 134 cm³/mol. The molecule has 162 valence electrons. The van der Waals surface area contributed by atoms with Crippen LogP contribution in [0.1, 0.15) is 55.8 Å². The van der Waals surface area contributed by atoms with E-state index in [0.29, 0.717) is 5.92 Å². The van der Waals surface area contributed by atoms with Crippen LogP contribution in [0.3, 0.4) is 0 Å². The molecular weight excluding hydrogens is 388 g/mol. The quantitative estimate of drug-likeness (QED) is 0.331. The number of pyridine rings is 2. The Morgan fingerprint density at radius 1 is 0.906 bits per heavy atom. The minimum absolute atomic E-state index is 0.139. The molecule has 1 aliphatic rings. The smallest absolute Gasteiger partial charge is 0.213 e. The largest absolute Gasteiger partial charge is 0.257 e. The van der Waals surface area contributed by atoms with Crippen LogP contribution in [0, 0.1) is 19.8 Å². The van der Waals surface area contributed by atoms with E-state index < -0.39 is 0 Å². The Kier molecular flexibility index (Phi) is 4.74. The molecule has 2 aromatic carbocycles. The maximum Gasteiger partial charge on any atom is 0.213 e. The first-order chi connectivity index (χ1) is 15.2. The van der Waals surface area contributed by atoms with E-state index in [9.17, 15) is 0 Å². The van der Waals surface area contributed by atoms with Gasteiger partial charge in [0.05, 0.1) is 11.3 Å². The van der Waals surface area contributed by atoms with E-state index >= 15 is 0 Å². The molecule has 0 radical (unpaired) electrons. The summed E-state index contributed by atoms with van der Waals surface area (Å²) in [5, 5.41) is 1.29. The number of fused-ring (bicyclic) bond motifs is 4. The van der Waals surface area contributed by atoms with Gasteiger partial charge in [0.2, 0.25) is 11.2 Å². The van der Waals surface area contributed by atoms with Crippen molar-refractivity contribution in [2.24, 2.45) is 13.0 Å². The second kappa shape index (κ2) is 7.27. The molecule has 0 unspecified atom stereocenters. The van der Waals surface area contributed by atoms with Gasteiger partial charge in [0.15, 0.2) is 0 Å². The lowest BCUT2D eigenvalue weighted by atomic mass is 9.80. The zero-order valence-electron chi connectivity index (χ0n) is 20.4. The SMILES string of the molecule is Cc1ccc2c(n1)C(C)(C)c1c-2ccc(C)c1-c1ccc2ccc(CC(C)C)cc2[n+]1C. The van der Waals surface area contributed by atoms with Crippen LogP contribution in [0.25, 0.3) is 33.3 Å². The molecule has 0 atom stereocenters. The van der Waals surface area contributed by atoms with Crippen molar-refractivity contribution in [1.29, 1.82) is 0 Å². The number of hydrogen-bond acceptors (Lipinski definition) is 1. The van der Waals surface area contributed by atoms with Crippen LogP contribution in [0.5, 0.6) is 0 Å². The van der Waals surface area contributed by atoms with E-state index in [4.69, 9.17) is 4.98 Å². The average molecular weight is 422 g/mol. The first-order valence-electron chi connectivity index (χ1n) is 11.7. The molecular formula is C30H33N2+. The molecule has 2 aromatic heterocycles. The Morgan fingerprint density at radius 3 is 2.38 bits per heavy atom. The van der Waals surface area contributed by atoms with Crippen LogP contribution in [-0.4, -0.2) is 4.98 Å². The first kappa shape index (κ1) is 20.9. The molecule has 2 nitrogen and oxygen atoms in total. The van der Waals surface area contributed by atoms with Gasteiger partial charge in [0, 0.05) is 34.2 Å². The lowest BCUT2D eigenvalue weighted by Crippen LogP contribution is -2.33. The molecule has 4 aromatic rings. The first-order valence-corrected chi connectivity index (χ1v) is 11.7. The normalized spacial score (nSPS) is 14.1. The van der Waals surface area contributed by atoms with E-state index in [1.54, 1.807) is 0 Å². The van der Waals surface area contributed by atoms with Crippen molar-refractivity contribution in [1.82, 2.24) is 4.98 Å². The van der Waals surface area contributed by atoms with Gasteiger partial charge >= 0.3 is 0 Å². The van der Waals surface area contributed by atoms with Crippen LogP contribution in [0.2, 0.25) is 0 Å². The second-order valence-electron chi connectivity index (χ2n) is 10.4. The third kappa shape index (κ3) is 3.08. The van der Waals surface area contributed by atoms with E-state index in [2.05, 4.69) is 108 Å². The van der Waals surface area contributed by atoms with Gasteiger partial charge < -0.3 is 0 Å². The molecule has 0 saturated carbocycles. The molecule has 2 heterocycles. The summed E-state index contributed by atoms with van der Waals surface area (Å²) in [4.78, 5) is 4.99. The van der Waals surface area contributed by atoms with Crippen molar-refractivity contribution in [2.75, 3.05) is 0 Å². The van der Waals surface area contributed by atoms with Crippen LogP contribution in [-0.2, 0) is 18.9 Å². The second-order valence-corrected chi connectivity index (χ2v) is 10.4. The summed E-state index contributed by atoms with van der Waals surface area (Å²) in [6, 6.07) is 20.5. The van der Waals surface area contributed by atoms with Gasteiger partial charge in [-0.2, -0.15) is 4.57 Å². The zero-order chi connectivity index (χ0) is 22.8. The summed E-state index contributed by atoms with van der Waals surface area (Å²) in [7, 11) is 2.22. The molecule has 0 amide bonds. The molecule has 0 N–H and O–H groups in total. The number of nitrogens with zero attached hydrogens (tertiary/aromatic N) is 2. The van der Waals surface area contributed by atoms with Gasteiger partial charge in [-0.3, -0.25) is 4.98 Å². The zero-order valence-corrected chi connectivity index (χ0v) is 20.4. The minimum Gasteiger partial charge on any atom is -0.257 e. The lowest BCUT2D eigenvalue weighted by Gasteiger charge is -2.24. The highest BCUT2D eigenvalue weighted by Crippen LogP contribution is 2.51. The highest BCUT2D eigenvalue weighted by Gasteiger charge is 2.41. The van der Waals surface area contributed by atoms with Crippen molar-refractivity contribution in [3.63, 3.8) is 0 Å². The lowest BCUT2D eigenvalue weighted by molar-refractivity contribution is -0.633. The monoisotopic (exact) mass is 421 g/mol. The van der Waals surface area contributed by atoms with E-state index in [0.717, 1.165) is 12.1 Å². The average Bonchev–Trinajstić information content (AvgIpc) is 2.96. The summed E-state index contributed by atoms with van der Waals surface area (Å²) in [5.41, 5.74) is 12.8. The van der Waals surface area contributed by atoms with Gasteiger partial charge in [-0.15, -0.1) is 0 Å². The molecule has 1 aliphatic carbocycles. The topological polar surface area (TPSA) is 16.8 Å². The molecule has 0 fully saturated rings. The maximum absolute atomic E-state index is 4.99.